The van der Waals surface area contributed by atoms with Gasteiger partial charge in [-0.2, -0.15) is 0 Å². The van der Waals surface area contributed by atoms with Gasteiger partial charge in [-0.05, 0) is 17.7 Å². The normalized spacial score (nSPS) is 9.85. The van der Waals surface area contributed by atoms with Crippen LogP contribution in [0.1, 0.15) is 5.56 Å². The van der Waals surface area contributed by atoms with Crippen molar-refractivity contribution >= 4 is 23.5 Å². The van der Waals surface area contributed by atoms with Gasteiger partial charge in [0.15, 0.2) is 0 Å². The number of nitrogens with one attached hydrogen (secondary N) is 2. The third-order valence-corrected chi connectivity index (χ3v) is 2.31. The first-order valence-electron chi connectivity index (χ1n) is 5.87. The van der Waals surface area contributed by atoms with Crippen molar-refractivity contribution in [3.05, 3.63) is 29.8 Å². The van der Waals surface area contributed by atoms with Crippen LogP contribution in [-0.2, 0) is 25.5 Å². The second kappa shape index (κ2) is 7.90. The first kappa shape index (κ1) is 15.6. The SMILES string of the molecule is COCC(=O)Nc1ccc(CC(=O)NCC(=O)O)cc1. The van der Waals surface area contributed by atoms with E-state index in [1.807, 2.05) is 0 Å². The van der Waals surface area contributed by atoms with Crippen LogP contribution in [0.2, 0.25) is 0 Å². The molecule has 0 aromatic heterocycles. The van der Waals surface area contributed by atoms with Gasteiger partial charge in [0.2, 0.25) is 11.8 Å². The number of ether oxygens (including phenoxy) is 1. The first-order chi connectivity index (χ1) is 9.51. The molecule has 1 aromatic carbocycles. The van der Waals surface area contributed by atoms with Crippen molar-refractivity contribution in [3.63, 3.8) is 0 Å². The van der Waals surface area contributed by atoms with Crippen LogP contribution in [-0.4, -0.2) is 43.2 Å². The Bertz CT molecular complexity index is 484. The van der Waals surface area contributed by atoms with Crippen LogP contribution in [0, 0.1) is 0 Å². The molecule has 0 spiro atoms. The van der Waals surface area contributed by atoms with Gasteiger partial charge in [-0.1, -0.05) is 12.1 Å². The zero-order chi connectivity index (χ0) is 15.0. The Morgan fingerprint density at radius 2 is 1.80 bits per heavy atom. The van der Waals surface area contributed by atoms with Gasteiger partial charge < -0.3 is 20.5 Å². The van der Waals surface area contributed by atoms with Gasteiger partial charge in [-0.15, -0.1) is 0 Å². The summed E-state index contributed by atoms with van der Waals surface area (Å²) in [5, 5.41) is 13.3. The number of methoxy groups -OCH3 is 1. The van der Waals surface area contributed by atoms with Crippen molar-refractivity contribution in [1.29, 1.82) is 0 Å². The number of benzene rings is 1. The molecule has 1 rings (SSSR count). The predicted octanol–water partition coefficient (Wildman–Crippen LogP) is 0.0148. The van der Waals surface area contributed by atoms with E-state index in [1.165, 1.54) is 7.11 Å². The van der Waals surface area contributed by atoms with Gasteiger partial charge in [0.25, 0.3) is 0 Å². The number of anilines is 1. The fourth-order valence-corrected chi connectivity index (χ4v) is 1.46. The van der Waals surface area contributed by atoms with E-state index in [-0.39, 0.29) is 24.8 Å². The summed E-state index contributed by atoms with van der Waals surface area (Å²) in [6, 6.07) is 6.69. The van der Waals surface area contributed by atoms with E-state index in [4.69, 9.17) is 5.11 Å². The van der Waals surface area contributed by atoms with Crippen LogP contribution >= 0.6 is 0 Å². The van der Waals surface area contributed by atoms with Crippen LogP contribution in [0.5, 0.6) is 0 Å². The number of carbonyl (C=O) groups is 3. The Kier molecular flexibility index (Phi) is 6.18. The smallest absolute Gasteiger partial charge is 0.322 e. The Morgan fingerprint density at radius 3 is 2.35 bits per heavy atom. The summed E-state index contributed by atoms with van der Waals surface area (Å²) in [5.41, 5.74) is 1.32. The molecule has 0 radical (unpaired) electrons. The molecule has 0 aliphatic heterocycles. The average molecular weight is 280 g/mol. The summed E-state index contributed by atoms with van der Waals surface area (Å²) in [6.45, 7) is -0.427. The molecule has 7 nitrogen and oxygen atoms in total. The van der Waals surface area contributed by atoms with E-state index in [0.717, 1.165) is 5.56 Å². The second-order valence-corrected chi connectivity index (χ2v) is 4.03. The number of aliphatic carboxylic acids is 1. The number of carbonyl (C=O) groups excluding carboxylic acids is 2. The van der Waals surface area contributed by atoms with E-state index >= 15 is 0 Å². The average Bonchev–Trinajstić information content (AvgIpc) is 2.39. The standard InChI is InChI=1S/C13H16N2O5/c1-20-8-12(17)15-10-4-2-9(3-5-10)6-11(16)14-7-13(18)19/h2-5H,6-8H2,1H3,(H,14,16)(H,15,17)(H,18,19). The number of hydrogen-bond acceptors (Lipinski definition) is 4. The minimum absolute atomic E-state index is 0.0284. The second-order valence-electron chi connectivity index (χ2n) is 4.03. The maximum atomic E-state index is 11.4. The molecule has 0 unspecified atom stereocenters. The highest BCUT2D eigenvalue weighted by molar-refractivity contribution is 5.91. The topological polar surface area (TPSA) is 105 Å². The monoisotopic (exact) mass is 280 g/mol. The summed E-state index contributed by atoms with van der Waals surface area (Å²) in [5.74, 6) is -1.72. The van der Waals surface area contributed by atoms with E-state index < -0.39 is 12.5 Å². The molecule has 0 aliphatic carbocycles. The van der Waals surface area contributed by atoms with Gasteiger partial charge in [0, 0.05) is 12.8 Å². The highest BCUT2D eigenvalue weighted by Gasteiger charge is 2.06. The van der Waals surface area contributed by atoms with E-state index in [0.29, 0.717) is 5.69 Å². The van der Waals surface area contributed by atoms with Gasteiger partial charge in [0.05, 0.1) is 6.42 Å². The molecule has 0 bridgehead atoms. The van der Waals surface area contributed by atoms with Crippen LogP contribution in [0.15, 0.2) is 24.3 Å². The lowest BCUT2D eigenvalue weighted by Crippen LogP contribution is -2.30. The maximum absolute atomic E-state index is 11.4. The molecule has 20 heavy (non-hydrogen) atoms. The first-order valence-corrected chi connectivity index (χ1v) is 5.87. The highest BCUT2D eigenvalue weighted by atomic mass is 16.5. The zero-order valence-electron chi connectivity index (χ0n) is 11.0. The van der Waals surface area contributed by atoms with Crippen molar-refractivity contribution in [2.75, 3.05) is 25.6 Å². The van der Waals surface area contributed by atoms with Crippen molar-refractivity contribution in [2.24, 2.45) is 0 Å². The third kappa shape index (κ3) is 5.96. The van der Waals surface area contributed by atoms with Crippen LogP contribution in [0.25, 0.3) is 0 Å². The minimum Gasteiger partial charge on any atom is -0.480 e. The number of hydrogen-bond donors (Lipinski definition) is 3. The molecular weight excluding hydrogens is 264 g/mol. The summed E-state index contributed by atoms with van der Waals surface area (Å²) in [7, 11) is 1.43. The molecule has 0 saturated heterocycles. The Labute approximate surface area is 115 Å². The Hall–Kier alpha value is -2.41. The van der Waals surface area contributed by atoms with Gasteiger partial charge in [-0.3, -0.25) is 14.4 Å². The molecule has 0 heterocycles. The minimum atomic E-state index is -1.09. The lowest BCUT2D eigenvalue weighted by Gasteiger charge is -2.06. The molecule has 7 heteroatoms. The molecule has 0 aliphatic rings. The van der Waals surface area contributed by atoms with Gasteiger partial charge in [0.1, 0.15) is 13.2 Å². The molecule has 1 aromatic rings. The van der Waals surface area contributed by atoms with Crippen molar-refractivity contribution < 1.29 is 24.2 Å². The van der Waals surface area contributed by atoms with Crippen molar-refractivity contribution in [3.8, 4) is 0 Å². The van der Waals surface area contributed by atoms with E-state index in [2.05, 4.69) is 15.4 Å². The quantitative estimate of drug-likeness (QED) is 0.653. The Morgan fingerprint density at radius 1 is 1.15 bits per heavy atom. The van der Waals surface area contributed by atoms with Crippen molar-refractivity contribution in [2.45, 2.75) is 6.42 Å². The van der Waals surface area contributed by atoms with Gasteiger partial charge >= 0.3 is 5.97 Å². The molecule has 0 atom stereocenters. The Balaban J connectivity index is 2.47. The molecule has 108 valence electrons. The summed E-state index contributed by atoms with van der Waals surface area (Å²) in [4.78, 5) is 33.0. The van der Waals surface area contributed by atoms with Crippen LogP contribution in [0.3, 0.4) is 0 Å². The van der Waals surface area contributed by atoms with Crippen LogP contribution in [0.4, 0.5) is 5.69 Å². The molecule has 0 fully saturated rings. The maximum Gasteiger partial charge on any atom is 0.322 e. The third-order valence-electron chi connectivity index (χ3n) is 2.31. The number of amides is 2. The summed E-state index contributed by atoms with van der Waals surface area (Å²) in [6.07, 6.45) is 0.0829. The number of rotatable bonds is 7. The fraction of sp³-hybridized carbons (Fsp3) is 0.308. The van der Waals surface area contributed by atoms with Gasteiger partial charge in [-0.25, -0.2) is 0 Å². The molecule has 2 amide bonds. The highest BCUT2D eigenvalue weighted by Crippen LogP contribution is 2.10. The molecular formula is C13H16N2O5. The number of carboxylic acids is 1. The molecule has 3 N–H and O–H groups in total. The lowest BCUT2D eigenvalue weighted by molar-refractivity contribution is -0.137. The number of carboxylic acid groups (broad SMARTS) is 1. The fourth-order valence-electron chi connectivity index (χ4n) is 1.46. The largest absolute Gasteiger partial charge is 0.480 e. The summed E-state index contributed by atoms with van der Waals surface area (Å²) >= 11 is 0. The lowest BCUT2D eigenvalue weighted by atomic mass is 10.1. The van der Waals surface area contributed by atoms with E-state index in [9.17, 15) is 14.4 Å². The predicted molar refractivity (Wildman–Crippen MR) is 71.3 cm³/mol. The summed E-state index contributed by atoms with van der Waals surface area (Å²) < 4.78 is 4.69. The van der Waals surface area contributed by atoms with E-state index in [1.54, 1.807) is 24.3 Å². The zero-order valence-corrected chi connectivity index (χ0v) is 11.0. The molecule has 0 saturated carbocycles. The van der Waals surface area contributed by atoms with Crippen molar-refractivity contribution in [1.82, 2.24) is 5.32 Å². The van der Waals surface area contributed by atoms with Crippen LogP contribution < -0.4 is 10.6 Å².